The fraction of sp³-hybridized carbons (Fsp3) is 0.533. The van der Waals surface area contributed by atoms with Gasteiger partial charge in [-0.15, -0.1) is 11.3 Å². The van der Waals surface area contributed by atoms with Crippen molar-refractivity contribution in [2.24, 2.45) is 11.7 Å². The third kappa shape index (κ3) is 3.83. The van der Waals surface area contributed by atoms with Crippen LogP contribution >= 0.6 is 11.3 Å². The molecule has 0 atom stereocenters. The van der Waals surface area contributed by atoms with Gasteiger partial charge in [-0.05, 0) is 30.9 Å². The lowest BCUT2D eigenvalue weighted by molar-refractivity contribution is 0.0618. The molecule has 2 heterocycles. The van der Waals surface area contributed by atoms with Crippen molar-refractivity contribution in [3.8, 4) is 11.8 Å². The van der Waals surface area contributed by atoms with Crippen LogP contribution in [-0.4, -0.2) is 44.2 Å². The molecule has 0 unspecified atom stereocenters. The molecular weight excluding hydrogens is 272 g/mol. The normalized spacial score (nSPS) is 15.8. The Labute approximate surface area is 123 Å². The number of likely N-dealkylation sites (tertiary alicyclic amines) is 1. The average molecular weight is 292 g/mol. The van der Waals surface area contributed by atoms with Gasteiger partial charge in [-0.3, -0.25) is 4.79 Å². The minimum atomic E-state index is 0.117. The van der Waals surface area contributed by atoms with Crippen molar-refractivity contribution in [1.82, 2.24) is 4.90 Å². The van der Waals surface area contributed by atoms with Gasteiger partial charge in [0.25, 0.3) is 5.91 Å². The lowest BCUT2D eigenvalue weighted by Gasteiger charge is -2.31. The lowest BCUT2D eigenvalue weighted by Crippen LogP contribution is -2.39. The molecule has 1 aliphatic rings. The summed E-state index contributed by atoms with van der Waals surface area (Å²) in [6, 6.07) is 3.74. The summed E-state index contributed by atoms with van der Waals surface area (Å²) in [5.41, 5.74) is 5.34. The Morgan fingerprint density at radius 3 is 2.90 bits per heavy atom. The largest absolute Gasteiger partial charge is 0.384 e. The SMILES string of the molecule is COCC1CCN(C(=O)c2ccc(C#CCN)s2)CC1. The van der Waals surface area contributed by atoms with Gasteiger partial charge < -0.3 is 15.4 Å². The number of hydrogen-bond acceptors (Lipinski definition) is 4. The van der Waals surface area contributed by atoms with Crippen LogP contribution in [0.3, 0.4) is 0 Å². The number of carbonyl (C=O) groups excluding carboxylic acids is 1. The van der Waals surface area contributed by atoms with Crippen LogP contribution in [0.4, 0.5) is 0 Å². The van der Waals surface area contributed by atoms with E-state index in [9.17, 15) is 4.79 Å². The Balaban J connectivity index is 1.93. The van der Waals surface area contributed by atoms with Gasteiger partial charge in [0.05, 0.1) is 16.3 Å². The zero-order valence-electron chi connectivity index (χ0n) is 11.7. The van der Waals surface area contributed by atoms with Crippen molar-refractivity contribution < 1.29 is 9.53 Å². The quantitative estimate of drug-likeness (QED) is 0.860. The number of amides is 1. The van der Waals surface area contributed by atoms with E-state index in [1.807, 2.05) is 17.0 Å². The first-order valence-corrected chi connectivity index (χ1v) is 7.63. The topological polar surface area (TPSA) is 55.6 Å². The third-order valence-corrected chi connectivity index (χ3v) is 4.42. The van der Waals surface area contributed by atoms with Gasteiger partial charge in [-0.1, -0.05) is 11.8 Å². The van der Waals surface area contributed by atoms with Crippen LogP contribution in [0.1, 0.15) is 27.4 Å². The molecule has 0 spiro atoms. The predicted molar refractivity (Wildman–Crippen MR) is 80.8 cm³/mol. The van der Waals surface area contributed by atoms with Gasteiger partial charge in [-0.25, -0.2) is 0 Å². The zero-order chi connectivity index (χ0) is 14.4. The number of nitrogens with two attached hydrogens (primary N) is 1. The van der Waals surface area contributed by atoms with Crippen LogP contribution in [0.25, 0.3) is 0 Å². The molecule has 4 nitrogen and oxygen atoms in total. The van der Waals surface area contributed by atoms with Crippen molar-refractivity contribution in [3.63, 3.8) is 0 Å². The predicted octanol–water partition coefficient (Wildman–Crippen LogP) is 1.56. The molecular formula is C15H20N2O2S. The molecule has 1 amide bonds. The highest BCUT2D eigenvalue weighted by Gasteiger charge is 2.24. The van der Waals surface area contributed by atoms with Crippen LogP contribution in [0, 0.1) is 17.8 Å². The molecule has 0 aromatic carbocycles. The number of thiophene rings is 1. The minimum Gasteiger partial charge on any atom is -0.384 e. The molecule has 0 bridgehead atoms. The minimum absolute atomic E-state index is 0.117. The number of methoxy groups -OCH3 is 1. The van der Waals surface area contributed by atoms with Crippen LogP contribution in [0.5, 0.6) is 0 Å². The summed E-state index contributed by atoms with van der Waals surface area (Å²) in [7, 11) is 1.73. The summed E-state index contributed by atoms with van der Waals surface area (Å²) >= 11 is 1.44. The number of nitrogens with zero attached hydrogens (tertiary/aromatic N) is 1. The van der Waals surface area contributed by atoms with E-state index in [2.05, 4.69) is 11.8 Å². The van der Waals surface area contributed by atoms with E-state index in [0.29, 0.717) is 12.5 Å². The first-order chi connectivity index (χ1) is 9.74. The van der Waals surface area contributed by atoms with E-state index in [-0.39, 0.29) is 5.91 Å². The van der Waals surface area contributed by atoms with E-state index in [0.717, 1.165) is 42.3 Å². The highest BCUT2D eigenvalue weighted by molar-refractivity contribution is 7.14. The summed E-state index contributed by atoms with van der Waals surface area (Å²) in [5, 5.41) is 0. The van der Waals surface area contributed by atoms with Crippen molar-refractivity contribution >= 4 is 17.2 Å². The molecule has 2 N–H and O–H groups in total. The van der Waals surface area contributed by atoms with E-state index >= 15 is 0 Å². The smallest absolute Gasteiger partial charge is 0.263 e. The van der Waals surface area contributed by atoms with Crippen molar-refractivity contribution in [2.75, 3.05) is 33.4 Å². The van der Waals surface area contributed by atoms with Gasteiger partial charge in [0.1, 0.15) is 0 Å². The van der Waals surface area contributed by atoms with Gasteiger partial charge in [-0.2, -0.15) is 0 Å². The number of piperidine rings is 1. The highest BCUT2D eigenvalue weighted by Crippen LogP contribution is 2.22. The first kappa shape index (κ1) is 15.0. The molecule has 2 rings (SSSR count). The monoisotopic (exact) mass is 292 g/mol. The van der Waals surface area contributed by atoms with E-state index in [4.69, 9.17) is 10.5 Å². The molecule has 1 aromatic heterocycles. The second kappa shape index (κ2) is 7.44. The molecule has 0 aliphatic carbocycles. The van der Waals surface area contributed by atoms with Gasteiger partial charge in [0.2, 0.25) is 0 Å². The van der Waals surface area contributed by atoms with E-state index in [1.165, 1.54) is 11.3 Å². The Kier molecular flexibility index (Phi) is 5.60. The highest BCUT2D eigenvalue weighted by atomic mass is 32.1. The van der Waals surface area contributed by atoms with Crippen LogP contribution < -0.4 is 5.73 Å². The van der Waals surface area contributed by atoms with Crippen molar-refractivity contribution in [1.29, 1.82) is 0 Å². The molecule has 0 radical (unpaired) electrons. The molecule has 20 heavy (non-hydrogen) atoms. The fourth-order valence-electron chi connectivity index (χ4n) is 2.35. The zero-order valence-corrected chi connectivity index (χ0v) is 12.5. The Morgan fingerprint density at radius 1 is 1.50 bits per heavy atom. The molecule has 5 heteroatoms. The van der Waals surface area contributed by atoms with Crippen LogP contribution in [0.2, 0.25) is 0 Å². The fourth-order valence-corrected chi connectivity index (χ4v) is 3.20. The average Bonchev–Trinajstić information content (AvgIpc) is 2.94. The van der Waals surface area contributed by atoms with E-state index in [1.54, 1.807) is 7.11 Å². The first-order valence-electron chi connectivity index (χ1n) is 6.81. The Morgan fingerprint density at radius 2 is 2.25 bits per heavy atom. The van der Waals surface area contributed by atoms with Gasteiger partial charge >= 0.3 is 0 Å². The molecule has 1 saturated heterocycles. The standard InChI is InChI=1S/C15H20N2O2S/c1-19-11-12-6-9-17(10-7-12)15(18)14-5-4-13(20-14)3-2-8-16/h4-5,12H,6-11,16H2,1H3. The number of carbonyl (C=O) groups is 1. The van der Waals surface area contributed by atoms with Gasteiger partial charge in [0, 0.05) is 26.8 Å². The number of ether oxygens (including phenoxy) is 1. The molecule has 1 aliphatic heterocycles. The lowest BCUT2D eigenvalue weighted by atomic mass is 9.98. The van der Waals surface area contributed by atoms with Crippen molar-refractivity contribution in [3.05, 3.63) is 21.9 Å². The molecule has 108 valence electrons. The van der Waals surface area contributed by atoms with Crippen LogP contribution in [0.15, 0.2) is 12.1 Å². The Bertz CT molecular complexity index is 507. The second-order valence-electron chi connectivity index (χ2n) is 4.86. The number of hydrogen-bond donors (Lipinski definition) is 1. The molecule has 0 saturated carbocycles. The van der Waals surface area contributed by atoms with E-state index < -0.39 is 0 Å². The maximum absolute atomic E-state index is 12.4. The molecule has 1 fully saturated rings. The summed E-state index contributed by atoms with van der Waals surface area (Å²) < 4.78 is 5.18. The maximum Gasteiger partial charge on any atom is 0.263 e. The van der Waals surface area contributed by atoms with Gasteiger partial charge in [0.15, 0.2) is 0 Å². The summed E-state index contributed by atoms with van der Waals surface area (Å²) in [4.78, 5) is 16.0. The number of rotatable bonds is 3. The van der Waals surface area contributed by atoms with Crippen LogP contribution in [-0.2, 0) is 4.74 Å². The second-order valence-corrected chi connectivity index (χ2v) is 5.94. The molecule has 1 aromatic rings. The Hall–Kier alpha value is -1.35. The summed E-state index contributed by atoms with van der Waals surface area (Å²) in [6.45, 7) is 2.76. The van der Waals surface area contributed by atoms with Crippen molar-refractivity contribution in [2.45, 2.75) is 12.8 Å². The maximum atomic E-state index is 12.4. The summed E-state index contributed by atoms with van der Waals surface area (Å²) in [5.74, 6) is 6.47. The third-order valence-electron chi connectivity index (χ3n) is 3.43. The summed E-state index contributed by atoms with van der Waals surface area (Å²) in [6.07, 6.45) is 2.04.